The molecule has 0 aliphatic carbocycles. The van der Waals surface area contributed by atoms with Gasteiger partial charge in [-0.3, -0.25) is 4.98 Å². The van der Waals surface area contributed by atoms with E-state index in [4.69, 9.17) is 10.5 Å². The van der Waals surface area contributed by atoms with Crippen LogP contribution in [-0.4, -0.2) is 17.1 Å². The Labute approximate surface area is 95.2 Å². The van der Waals surface area contributed by atoms with Crippen LogP contribution in [0.2, 0.25) is 0 Å². The highest BCUT2D eigenvalue weighted by Gasteiger charge is 2.11. The Balaban J connectivity index is 2.37. The lowest BCUT2D eigenvalue weighted by atomic mass is 10.2. The van der Waals surface area contributed by atoms with Crippen molar-refractivity contribution in [3.63, 3.8) is 0 Å². The lowest BCUT2D eigenvalue weighted by Gasteiger charge is -2.18. The number of hydrogen-bond acceptors (Lipinski definition) is 3. The topological polar surface area (TPSA) is 48.1 Å². The van der Waals surface area contributed by atoms with Gasteiger partial charge in [0.05, 0.1) is 0 Å². The molecule has 1 aromatic carbocycles. The molecule has 0 aliphatic rings. The van der Waals surface area contributed by atoms with Gasteiger partial charge in [0, 0.05) is 17.6 Å². The molecule has 2 unspecified atom stereocenters. The van der Waals surface area contributed by atoms with Gasteiger partial charge >= 0.3 is 0 Å². The number of nitrogens with zero attached hydrogens (tertiary/aromatic N) is 1. The molecule has 0 saturated heterocycles. The largest absolute Gasteiger partial charge is 0.487 e. The second kappa shape index (κ2) is 4.49. The first kappa shape index (κ1) is 10.9. The maximum Gasteiger partial charge on any atom is 0.146 e. The Kier molecular flexibility index (Phi) is 3.06. The second-order valence-electron chi connectivity index (χ2n) is 4.01. The Hall–Kier alpha value is -1.61. The van der Waals surface area contributed by atoms with E-state index in [2.05, 4.69) is 4.98 Å². The summed E-state index contributed by atoms with van der Waals surface area (Å²) in [5.41, 5.74) is 6.67. The van der Waals surface area contributed by atoms with E-state index in [1.165, 1.54) is 0 Å². The Morgan fingerprint density at radius 3 is 2.69 bits per heavy atom. The lowest BCUT2D eigenvalue weighted by Crippen LogP contribution is -2.33. The fourth-order valence-corrected chi connectivity index (χ4v) is 1.48. The average molecular weight is 216 g/mol. The first-order valence-electron chi connectivity index (χ1n) is 5.44. The van der Waals surface area contributed by atoms with Gasteiger partial charge in [-0.25, -0.2) is 0 Å². The SMILES string of the molecule is CC(N)C(C)Oc1cccc2cccnc12. The van der Waals surface area contributed by atoms with E-state index >= 15 is 0 Å². The highest BCUT2D eigenvalue weighted by Crippen LogP contribution is 2.24. The summed E-state index contributed by atoms with van der Waals surface area (Å²) < 4.78 is 5.80. The van der Waals surface area contributed by atoms with Crippen molar-refractivity contribution in [3.8, 4) is 5.75 Å². The van der Waals surface area contributed by atoms with E-state index in [1.807, 2.05) is 44.2 Å². The number of pyridine rings is 1. The number of aromatic nitrogens is 1. The molecule has 1 heterocycles. The molecular formula is C13H16N2O. The van der Waals surface area contributed by atoms with Gasteiger partial charge in [-0.1, -0.05) is 18.2 Å². The molecule has 2 atom stereocenters. The Morgan fingerprint density at radius 2 is 1.94 bits per heavy atom. The minimum absolute atomic E-state index is 0.000955. The van der Waals surface area contributed by atoms with Crippen molar-refractivity contribution in [3.05, 3.63) is 36.5 Å². The molecule has 0 saturated carbocycles. The third kappa shape index (κ3) is 2.14. The van der Waals surface area contributed by atoms with Crippen LogP contribution >= 0.6 is 0 Å². The highest BCUT2D eigenvalue weighted by atomic mass is 16.5. The predicted octanol–water partition coefficient (Wildman–Crippen LogP) is 2.35. The minimum atomic E-state index is -0.0207. The van der Waals surface area contributed by atoms with Crippen LogP contribution < -0.4 is 10.5 Å². The molecule has 2 rings (SSSR count). The minimum Gasteiger partial charge on any atom is -0.487 e. The summed E-state index contributed by atoms with van der Waals surface area (Å²) in [6.07, 6.45) is 1.75. The summed E-state index contributed by atoms with van der Waals surface area (Å²) in [6, 6.07) is 9.85. The van der Waals surface area contributed by atoms with Crippen LogP contribution in [0.3, 0.4) is 0 Å². The average Bonchev–Trinajstić information content (AvgIpc) is 2.29. The molecule has 0 amide bonds. The third-order valence-electron chi connectivity index (χ3n) is 2.65. The van der Waals surface area contributed by atoms with Crippen molar-refractivity contribution in [2.75, 3.05) is 0 Å². The van der Waals surface area contributed by atoms with E-state index in [9.17, 15) is 0 Å². The van der Waals surface area contributed by atoms with Crippen LogP contribution in [0.1, 0.15) is 13.8 Å². The highest BCUT2D eigenvalue weighted by molar-refractivity contribution is 5.84. The van der Waals surface area contributed by atoms with E-state index < -0.39 is 0 Å². The van der Waals surface area contributed by atoms with Gasteiger partial charge in [0.1, 0.15) is 17.4 Å². The van der Waals surface area contributed by atoms with Crippen molar-refractivity contribution in [2.24, 2.45) is 5.73 Å². The molecule has 3 heteroatoms. The summed E-state index contributed by atoms with van der Waals surface area (Å²) in [6.45, 7) is 3.90. The molecule has 0 spiro atoms. The maximum atomic E-state index is 5.80. The van der Waals surface area contributed by atoms with Gasteiger partial charge in [-0.15, -0.1) is 0 Å². The van der Waals surface area contributed by atoms with Gasteiger partial charge in [0.25, 0.3) is 0 Å². The summed E-state index contributed by atoms with van der Waals surface area (Å²) in [5.74, 6) is 0.794. The second-order valence-corrected chi connectivity index (χ2v) is 4.01. The maximum absolute atomic E-state index is 5.80. The zero-order valence-electron chi connectivity index (χ0n) is 9.55. The molecule has 2 aromatic rings. The Bertz CT molecular complexity index is 477. The molecule has 0 radical (unpaired) electrons. The molecule has 0 bridgehead atoms. The first-order valence-corrected chi connectivity index (χ1v) is 5.44. The van der Waals surface area contributed by atoms with Gasteiger partial charge in [0.2, 0.25) is 0 Å². The van der Waals surface area contributed by atoms with E-state index in [-0.39, 0.29) is 12.1 Å². The van der Waals surface area contributed by atoms with Gasteiger partial charge in [-0.05, 0) is 26.0 Å². The van der Waals surface area contributed by atoms with Crippen molar-refractivity contribution in [2.45, 2.75) is 26.0 Å². The van der Waals surface area contributed by atoms with Crippen LogP contribution in [0.15, 0.2) is 36.5 Å². The van der Waals surface area contributed by atoms with Crippen LogP contribution in [0, 0.1) is 0 Å². The van der Waals surface area contributed by atoms with E-state index in [0.29, 0.717) is 0 Å². The van der Waals surface area contributed by atoms with Crippen LogP contribution in [0.25, 0.3) is 10.9 Å². The van der Waals surface area contributed by atoms with Crippen LogP contribution in [-0.2, 0) is 0 Å². The van der Waals surface area contributed by atoms with Crippen molar-refractivity contribution in [1.82, 2.24) is 4.98 Å². The third-order valence-corrected chi connectivity index (χ3v) is 2.65. The summed E-state index contributed by atoms with van der Waals surface area (Å²) in [4.78, 5) is 4.33. The molecule has 0 aliphatic heterocycles. The number of rotatable bonds is 3. The summed E-state index contributed by atoms with van der Waals surface area (Å²) in [7, 11) is 0. The molecule has 84 valence electrons. The van der Waals surface area contributed by atoms with Crippen molar-refractivity contribution in [1.29, 1.82) is 0 Å². The zero-order chi connectivity index (χ0) is 11.5. The molecule has 16 heavy (non-hydrogen) atoms. The molecule has 2 N–H and O–H groups in total. The van der Waals surface area contributed by atoms with Crippen molar-refractivity contribution >= 4 is 10.9 Å². The molecule has 1 aromatic heterocycles. The summed E-state index contributed by atoms with van der Waals surface area (Å²) in [5, 5.41) is 1.08. The molecule has 3 nitrogen and oxygen atoms in total. The smallest absolute Gasteiger partial charge is 0.146 e. The number of fused-ring (bicyclic) bond motifs is 1. The molecular weight excluding hydrogens is 200 g/mol. The lowest BCUT2D eigenvalue weighted by molar-refractivity contribution is 0.199. The Morgan fingerprint density at radius 1 is 1.19 bits per heavy atom. The fraction of sp³-hybridized carbons (Fsp3) is 0.308. The number of hydrogen-bond donors (Lipinski definition) is 1. The van der Waals surface area contributed by atoms with Crippen LogP contribution in [0.5, 0.6) is 5.75 Å². The number of para-hydroxylation sites is 1. The zero-order valence-corrected chi connectivity index (χ0v) is 9.55. The number of benzene rings is 1. The standard InChI is InChI=1S/C13H16N2O/c1-9(14)10(2)16-12-7-3-5-11-6-4-8-15-13(11)12/h3-10H,14H2,1-2H3. The number of ether oxygens (including phenoxy) is 1. The fourth-order valence-electron chi connectivity index (χ4n) is 1.48. The normalized spacial score (nSPS) is 14.7. The van der Waals surface area contributed by atoms with Gasteiger partial charge < -0.3 is 10.5 Å². The first-order chi connectivity index (χ1) is 7.68. The predicted molar refractivity (Wildman–Crippen MR) is 65.5 cm³/mol. The number of nitrogens with two attached hydrogens (primary N) is 1. The van der Waals surface area contributed by atoms with Gasteiger partial charge in [-0.2, -0.15) is 0 Å². The monoisotopic (exact) mass is 216 g/mol. The molecule has 0 fully saturated rings. The summed E-state index contributed by atoms with van der Waals surface area (Å²) >= 11 is 0. The van der Waals surface area contributed by atoms with Crippen LogP contribution in [0.4, 0.5) is 0 Å². The van der Waals surface area contributed by atoms with Crippen molar-refractivity contribution < 1.29 is 4.74 Å². The van der Waals surface area contributed by atoms with E-state index in [1.54, 1.807) is 6.20 Å². The van der Waals surface area contributed by atoms with E-state index in [0.717, 1.165) is 16.7 Å². The quantitative estimate of drug-likeness (QED) is 0.856. The van der Waals surface area contributed by atoms with Gasteiger partial charge in [0.15, 0.2) is 0 Å².